The summed E-state index contributed by atoms with van der Waals surface area (Å²) in [6.07, 6.45) is 1.65. The van der Waals surface area contributed by atoms with Gasteiger partial charge in [0.1, 0.15) is 18.1 Å². The van der Waals surface area contributed by atoms with Crippen molar-refractivity contribution in [3.05, 3.63) is 72.3 Å². The van der Waals surface area contributed by atoms with Crippen LogP contribution in [0.25, 0.3) is 0 Å². The van der Waals surface area contributed by atoms with Crippen LogP contribution in [0.1, 0.15) is 15.9 Å². The van der Waals surface area contributed by atoms with E-state index in [2.05, 4.69) is 6.58 Å². The number of phenolic OH excluding ortho intramolecular Hbond substituents is 1. The van der Waals surface area contributed by atoms with Gasteiger partial charge in [-0.2, -0.15) is 0 Å². The van der Waals surface area contributed by atoms with E-state index in [1.807, 2.05) is 0 Å². The van der Waals surface area contributed by atoms with Gasteiger partial charge in [0.15, 0.2) is 5.78 Å². The van der Waals surface area contributed by atoms with Crippen molar-refractivity contribution < 1.29 is 14.6 Å². The maximum absolute atomic E-state index is 12.2. The molecule has 0 spiro atoms. The van der Waals surface area contributed by atoms with Crippen molar-refractivity contribution in [2.24, 2.45) is 0 Å². The molecule has 2 aromatic rings. The van der Waals surface area contributed by atoms with Crippen LogP contribution in [0, 0.1) is 0 Å². The fraction of sp³-hybridized carbons (Fsp3) is 0.0625. The highest BCUT2D eigenvalue weighted by Crippen LogP contribution is 2.18. The number of carbonyl (C=O) groups excluding carboxylic acids is 1. The fourth-order valence-electron chi connectivity index (χ4n) is 1.66. The Morgan fingerprint density at radius 1 is 1.16 bits per heavy atom. The maximum atomic E-state index is 12.2. The summed E-state index contributed by atoms with van der Waals surface area (Å²) in [6.45, 7) is 3.97. The van der Waals surface area contributed by atoms with Crippen LogP contribution >= 0.6 is 0 Å². The molecule has 0 aliphatic heterocycles. The quantitative estimate of drug-likeness (QED) is 0.658. The first-order chi connectivity index (χ1) is 9.20. The highest BCUT2D eigenvalue weighted by atomic mass is 16.5. The van der Waals surface area contributed by atoms with Gasteiger partial charge in [0, 0.05) is 11.1 Å². The second-order valence-corrected chi connectivity index (χ2v) is 4.00. The van der Waals surface area contributed by atoms with E-state index in [1.54, 1.807) is 42.5 Å². The number of ketones is 1. The number of rotatable bonds is 5. The molecular formula is C16H14O3. The molecule has 19 heavy (non-hydrogen) atoms. The molecule has 0 heterocycles. The number of hydrogen-bond donors (Lipinski definition) is 1. The summed E-state index contributed by atoms with van der Waals surface area (Å²) >= 11 is 0. The average Bonchev–Trinajstić information content (AvgIpc) is 2.45. The Hall–Kier alpha value is -2.55. The van der Waals surface area contributed by atoms with Gasteiger partial charge in [-0.1, -0.05) is 24.8 Å². The Morgan fingerprint density at radius 3 is 2.58 bits per heavy atom. The van der Waals surface area contributed by atoms with Crippen LogP contribution in [0.4, 0.5) is 0 Å². The Balaban J connectivity index is 2.23. The molecule has 0 atom stereocenters. The van der Waals surface area contributed by atoms with Crippen molar-refractivity contribution in [1.82, 2.24) is 0 Å². The smallest absolute Gasteiger partial charge is 0.193 e. The van der Waals surface area contributed by atoms with Crippen molar-refractivity contribution in [2.45, 2.75) is 0 Å². The number of ether oxygens (including phenoxy) is 1. The van der Waals surface area contributed by atoms with Crippen molar-refractivity contribution >= 4 is 5.78 Å². The number of phenols is 1. The van der Waals surface area contributed by atoms with E-state index in [4.69, 9.17) is 4.74 Å². The van der Waals surface area contributed by atoms with Gasteiger partial charge in [-0.05, 0) is 36.4 Å². The molecule has 3 heteroatoms. The average molecular weight is 254 g/mol. The zero-order chi connectivity index (χ0) is 13.7. The summed E-state index contributed by atoms with van der Waals surface area (Å²) < 4.78 is 5.39. The Labute approximate surface area is 111 Å². The minimum Gasteiger partial charge on any atom is -0.508 e. The predicted molar refractivity (Wildman–Crippen MR) is 73.7 cm³/mol. The standard InChI is InChI=1S/C16H14O3/c1-2-10-19-15-5-3-4-13(11-15)16(18)12-6-8-14(17)9-7-12/h2-9,11,17H,1,10H2. The zero-order valence-corrected chi connectivity index (χ0v) is 10.4. The summed E-state index contributed by atoms with van der Waals surface area (Å²) in [5, 5.41) is 9.21. The lowest BCUT2D eigenvalue weighted by Crippen LogP contribution is -2.02. The van der Waals surface area contributed by atoms with Gasteiger partial charge in [0.2, 0.25) is 0 Å². The van der Waals surface area contributed by atoms with E-state index in [0.29, 0.717) is 23.5 Å². The Bertz CT molecular complexity index is 585. The summed E-state index contributed by atoms with van der Waals surface area (Å²) in [7, 11) is 0. The van der Waals surface area contributed by atoms with Crippen molar-refractivity contribution in [1.29, 1.82) is 0 Å². The van der Waals surface area contributed by atoms with E-state index < -0.39 is 0 Å². The molecule has 2 rings (SSSR count). The van der Waals surface area contributed by atoms with E-state index in [0.717, 1.165) is 0 Å². The van der Waals surface area contributed by atoms with Crippen LogP contribution in [-0.4, -0.2) is 17.5 Å². The van der Waals surface area contributed by atoms with Gasteiger partial charge in [-0.3, -0.25) is 4.79 Å². The molecule has 0 radical (unpaired) electrons. The summed E-state index contributed by atoms with van der Waals surface area (Å²) in [6, 6.07) is 13.2. The molecule has 0 saturated carbocycles. The van der Waals surface area contributed by atoms with Crippen molar-refractivity contribution in [3.63, 3.8) is 0 Å². The first kappa shape index (κ1) is 12.9. The van der Waals surface area contributed by atoms with Crippen LogP contribution in [0.5, 0.6) is 11.5 Å². The Kier molecular flexibility index (Phi) is 3.98. The molecule has 0 aromatic heterocycles. The Morgan fingerprint density at radius 2 is 1.89 bits per heavy atom. The third kappa shape index (κ3) is 3.22. The van der Waals surface area contributed by atoms with Crippen LogP contribution in [0.2, 0.25) is 0 Å². The van der Waals surface area contributed by atoms with Crippen LogP contribution in [0.3, 0.4) is 0 Å². The highest BCUT2D eigenvalue weighted by molar-refractivity contribution is 6.09. The molecule has 0 unspecified atom stereocenters. The number of benzene rings is 2. The molecule has 0 aliphatic rings. The minimum absolute atomic E-state index is 0.107. The minimum atomic E-state index is -0.107. The molecule has 0 amide bonds. The first-order valence-electron chi connectivity index (χ1n) is 5.88. The van der Waals surface area contributed by atoms with Crippen molar-refractivity contribution in [2.75, 3.05) is 6.61 Å². The SMILES string of the molecule is C=CCOc1cccc(C(=O)c2ccc(O)cc2)c1. The van der Waals surface area contributed by atoms with E-state index >= 15 is 0 Å². The third-order valence-corrected chi connectivity index (χ3v) is 2.59. The highest BCUT2D eigenvalue weighted by Gasteiger charge is 2.09. The second-order valence-electron chi connectivity index (χ2n) is 4.00. The third-order valence-electron chi connectivity index (χ3n) is 2.59. The summed E-state index contributed by atoms with van der Waals surface area (Å²) in [4.78, 5) is 12.2. The molecule has 2 aromatic carbocycles. The van der Waals surface area contributed by atoms with E-state index in [9.17, 15) is 9.90 Å². The van der Waals surface area contributed by atoms with Gasteiger partial charge in [0.25, 0.3) is 0 Å². The topological polar surface area (TPSA) is 46.5 Å². The summed E-state index contributed by atoms with van der Waals surface area (Å²) in [5.41, 5.74) is 1.07. The van der Waals surface area contributed by atoms with Gasteiger partial charge >= 0.3 is 0 Å². The predicted octanol–water partition coefficient (Wildman–Crippen LogP) is 3.19. The van der Waals surface area contributed by atoms with Gasteiger partial charge in [-0.25, -0.2) is 0 Å². The molecule has 0 bridgehead atoms. The molecule has 0 saturated heterocycles. The zero-order valence-electron chi connectivity index (χ0n) is 10.4. The second kappa shape index (κ2) is 5.87. The molecule has 96 valence electrons. The van der Waals surface area contributed by atoms with Gasteiger partial charge in [-0.15, -0.1) is 0 Å². The maximum Gasteiger partial charge on any atom is 0.193 e. The molecule has 0 aliphatic carbocycles. The molecular weight excluding hydrogens is 240 g/mol. The van der Waals surface area contributed by atoms with Crippen molar-refractivity contribution in [3.8, 4) is 11.5 Å². The molecule has 0 fully saturated rings. The van der Waals surface area contributed by atoms with Crippen LogP contribution in [0.15, 0.2) is 61.2 Å². The van der Waals surface area contributed by atoms with Crippen LogP contribution < -0.4 is 4.74 Å². The first-order valence-corrected chi connectivity index (χ1v) is 5.88. The monoisotopic (exact) mass is 254 g/mol. The van der Waals surface area contributed by atoms with Crippen LogP contribution in [-0.2, 0) is 0 Å². The largest absolute Gasteiger partial charge is 0.508 e. The van der Waals surface area contributed by atoms with Gasteiger partial charge in [0.05, 0.1) is 0 Å². The fourth-order valence-corrected chi connectivity index (χ4v) is 1.66. The lowest BCUT2D eigenvalue weighted by Gasteiger charge is -2.06. The van der Waals surface area contributed by atoms with Gasteiger partial charge < -0.3 is 9.84 Å². The summed E-state index contributed by atoms with van der Waals surface area (Å²) in [5.74, 6) is 0.660. The number of hydrogen-bond acceptors (Lipinski definition) is 3. The normalized spacial score (nSPS) is 9.89. The lowest BCUT2D eigenvalue weighted by molar-refractivity contribution is 0.103. The lowest BCUT2D eigenvalue weighted by atomic mass is 10.0. The van der Waals surface area contributed by atoms with E-state index in [-0.39, 0.29) is 11.5 Å². The molecule has 3 nitrogen and oxygen atoms in total. The molecule has 1 N–H and O–H groups in total. The van der Waals surface area contributed by atoms with E-state index in [1.165, 1.54) is 12.1 Å². The number of aromatic hydroxyl groups is 1. The number of carbonyl (C=O) groups is 1.